The van der Waals surface area contributed by atoms with Gasteiger partial charge in [0.25, 0.3) is 0 Å². The zero-order chi connectivity index (χ0) is 19.0. The van der Waals surface area contributed by atoms with Crippen molar-refractivity contribution >= 4 is 0 Å². The molecule has 0 spiro atoms. The van der Waals surface area contributed by atoms with E-state index < -0.39 is 5.92 Å². The number of fused-ring (bicyclic) bond motifs is 1. The van der Waals surface area contributed by atoms with Crippen molar-refractivity contribution in [3.63, 3.8) is 0 Å². The summed E-state index contributed by atoms with van der Waals surface area (Å²) in [5.74, 6) is 0.665. The predicted octanol–water partition coefficient (Wildman–Crippen LogP) is 3.61. The first kappa shape index (κ1) is 16.7. The Labute approximate surface area is 156 Å². The highest BCUT2D eigenvalue weighted by Crippen LogP contribution is 2.47. The number of allylic oxidation sites excluding steroid dienone is 1. The standard InChI is InChI=1S/C21H18N4O2/c1-12-7-9-13(10-8-12)19-18-17(14-5-3-4-6-16(14)26-2)15(11-22)20(23)27-21(18)25-24-19/h3-10,17H,23H2,1-2H3,(H,24,25)/t17-/m0/s1. The summed E-state index contributed by atoms with van der Waals surface area (Å²) < 4.78 is 11.2. The van der Waals surface area contributed by atoms with Crippen LogP contribution in [0.5, 0.6) is 11.6 Å². The van der Waals surface area contributed by atoms with Crippen molar-refractivity contribution in [3.8, 4) is 29.0 Å². The van der Waals surface area contributed by atoms with Gasteiger partial charge in [0.2, 0.25) is 11.8 Å². The number of hydrogen-bond acceptors (Lipinski definition) is 5. The molecule has 4 rings (SSSR count). The second-order valence-corrected chi connectivity index (χ2v) is 6.35. The molecule has 0 saturated carbocycles. The molecule has 3 aromatic rings. The van der Waals surface area contributed by atoms with Crippen LogP contribution >= 0.6 is 0 Å². The van der Waals surface area contributed by atoms with Crippen LogP contribution in [0.2, 0.25) is 0 Å². The van der Waals surface area contributed by atoms with Crippen LogP contribution in [0.15, 0.2) is 60.0 Å². The molecule has 2 aromatic carbocycles. The van der Waals surface area contributed by atoms with Crippen LogP contribution in [0.25, 0.3) is 11.3 Å². The number of rotatable bonds is 3. The van der Waals surface area contributed by atoms with Gasteiger partial charge in [0.05, 0.1) is 24.3 Å². The quantitative estimate of drug-likeness (QED) is 0.745. The number of nitriles is 1. The Morgan fingerprint density at radius 3 is 2.63 bits per heavy atom. The van der Waals surface area contributed by atoms with E-state index in [1.165, 1.54) is 0 Å². The molecule has 0 unspecified atom stereocenters. The molecule has 0 saturated heterocycles. The molecule has 3 N–H and O–H groups in total. The van der Waals surface area contributed by atoms with E-state index in [-0.39, 0.29) is 5.88 Å². The van der Waals surface area contributed by atoms with Crippen LogP contribution < -0.4 is 15.2 Å². The van der Waals surface area contributed by atoms with E-state index in [0.29, 0.717) is 17.2 Å². The molecule has 1 aliphatic rings. The average molecular weight is 358 g/mol. The minimum atomic E-state index is -0.440. The zero-order valence-electron chi connectivity index (χ0n) is 15.0. The molecule has 0 fully saturated rings. The van der Waals surface area contributed by atoms with Crippen LogP contribution in [-0.2, 0) is 0 Å². The number of H-pyrrole nitrogens is 1. The molecule has 27 heavy (non-hydrogen) atoms. The third kappa shape index (κ3) is 2.70. The van der Waals surface area contributed by atoms with Crippen molar-refractivity contribution in [2.45, 2.75) is 12.8 Å². The Hall–Kier alpha value is -3.72. The molecule has 0 aliphatic carbocycles. The number of aromatic nitrogens is 2. The maximum Gasteiger partial charge on any atom is 0.244 e. The third-order valence-corrected chi connectivity index (χ3v) is 4.73. The molecule has 0 radical (unpaired) electrons. The summed E-state index contributed by atoms with van der Waals surface area (Å²) in [7, 11) is 1.61. The molecular weight excluding hydrogens is 340 g/mol. The Balaban J connectivity index is 1.97. The van der Waals surface area contributed by atoms with Crippen LogP contribution in [0.1, 0.15) is 22.6 Å². The minimum absolute atomic E-state index is 0.0582. The number of nitrogens with zero attached hydrogens (tertiary/aromatic N) is 2. The van der Waals surface area contributed by atoms with E-state index in [1.54, 1.807) is 7.11 Å². The van der Waals surface area contributed by atoms with E-state index in [9.17, 15) is 5.26 Å². The summed E-state index contributed by atoms with van der Waals surface area (Å²) in [5, 5.41) is 17.1. The number of benzene rings is 2. The maximum absolute atomic E-state index is 9.78. The lowest BCUT2D eigenvalue weighted by Crippen LogP contribution is -2.21. The molecule has 6 heteroatoms. The Bertz CT molecular complexity index is 1070. The topological polar surface area (TPSA) is 96.9 Å². The molecule has 2 heterocycles. The van der Waals surface area contributed by atoms with Crippen LogP contribution in [-0.4, -0.2) is 17.3 Å². The first-order chi connectivity index (χ1) is 13.1. The number of ether oxygens (including phenoxy) is 2. The normalized spacial score (nSPS) is 15.7. The van der Waals surface area contributed by atoms with E-state index in [2.05, 4.69) is 16.3 Å². The largest absolute Gasteiger partial charge is 0.496 e. The number of aromatic amines is 1. The van der Waals surface area contributed by atoms with Crippen LogP contribution in [0.4, 0.5) is 0 Å². The van der Waals surface area contributed by atoms with Gasteiger partial charge in [-0.15, -0.1) is 5.10 Å². The van der Waals surface area contributed by atoms with Crippen LogP contribution in [0.3, 0.4) is 0 Å². The van der Waals surface area contributed by atoms with Gasteiger partial charge >= 0.3 is 0 Å². The molecule has 6 nitrogen and oxygen atoms in total. The van der Waals surface area contributed by atoms with Gasteiger partial charge in [-0.05, 0) is 13.0 Å². The molecule has 0 amide bonds. The second kappa shape index (κ2) is 6.54. The van der Waals surface area contributed by atoms with Gasteiger partial charge in [0.15, 0.2) is 0 Å². The van der Waals surface area contributed by atoms with E-state index in [4.69, 9.17) is 15.2 Å². The highest BCUT2D eigenvalue weighted by Gasteiger charge is 2.36. The molecule has 0 bridgehead atoms. The summed E-state index contributed by atoms with van der Waals surface area (Å²) in [4.78, 5) is 0. The summed E-state index contributed by atoms with van der Waals surface area (Å²) in [6.07, 6.45) is 0. The number of nitrogens with two attached hydrogens (primary N) is 1. The van der Waals surface area contributed by atoms with E-state index in [0.717, 1.165) is 27.9 Å². The van der Waals surface area contributed by atoms with Crippen molar-refractivity contribution in [2.75, 3.05) is 7.11 Å². The number of para-hydroxylation sites is 1. The second-order valence-electron chi connectivity index (χ2n) is 6.35. The van der Waals surface area contributed by atoms with Gasteiger partial charge in [-0.3, -0.25) is 5.10 Å². The average Bonchev–Trinajstić information content (AvgIpc) is 3.10. The molecular formula is C21H18N4O2. The monoisotopic (exact) mass is 358 g/mol. The van der Waals surface area contributed by atoms with Gasteiger partial charge < -0.3 is 15.2 Å². The fourth-order valence-corrected chi connectivity index (χ4v) is 3.40. The number of hydrogen-bond donors (Lipinski definition) is 2. The Morgan fingerprint density at radius 2 is 1.93 bits per heavy atom. The van der Waals surface area contributed by atoms with E-state index in [1.807, 2.05) is 55.5 Å². The van der Waals surface area contributed by atoms with Gasteiger partial charge in [-0.25, -0.2) is 0 Å². The first-order valence-electron chi connectivity index (χ1n) is 8.49. The van der Waals surface area contributed by atoms with Crippen molar-refractivity contribution in [1.82, 2.24) is 10.2 Å². The summed E-state index contributed by atoms with van der Waals surface area (Å²) in [5.41, 5.74) is 10.9. The Kier molecular flexibility index (Phi) is 4.05. The Morgan fingerprint density at radius 1 is 1.19 bits per heavy atom. The third-order valence-electron chi connectivity index (χ3n) is 4.73. The lowest BCUT2D eigenvalue weighted by molar-refractivity contribution is 0.375. The van der Waals surface area contributed by atoms with Crippen molar-refractivity contribution in [2.24, 2.45) is 5.73 Å². The highest BCUT2D eigenvalue weighted by atomic mass is 16.5. The molecule has 1 aromatic heterocycles. The first-order valence-corrected chi connectivity index (χ1v) is 8.49. The maximum atomic E-state index is 9.78. The fraction of sp³-hybridized carbons (Fsp3) is 0.143. The van der Waals surface area contributed by atoms with Crippen molar-refractivity contribution in [1.29, 1.82) is 5.26 Å². The summed E-state index contributed by atoms with van der Waals surface area (Å²) >= 11 is 0. The molecule has 1 aliphatic heterocycles. The number of nitrogens with one attached hydrogen (secondary N) is 1. The summed E-state index contributed by atoms with van der Waals surface area (Å²) in [6.45, 7) is 2.03. The van der Waals surface area contributed by atoms with Gasteiger partial charge in [-0.1, -0.05) is 48.0 Å². The SMILES string of the molecule is COc1ccccc1[C@H]1C(C#N)=C(N)Oc2n[nH]c(-c3ccc(C)cc3)c21. The van der Waals surface area contributed by atoms with Crippen LogP contribution in [0, 0.1) is 18.3 Å². The van der Waals surface area contributed by atoms with E-state index >= 15 is 0 Å². The highest BCUT2D eigenvalue weighted by molar-refractivity contribution is 5.71. The zero-order valence-corrected chi connectivity index (χ0v) is 15.0. The molecule has 1 atom stereocenters. The van der Waals surface area contributed by atoms with Gasteiger partial charge in [0.1, 0.15) is 17.4 Å². The number of aryl methyl sites for hydroxylation is 1. The lowest BCUT2D eigenvalue weighted by atomic mass is 9.82. The minimum Gasteiger partial charge on any atom is -0.496 e. The smallest absolute Gasteiger partial charge is 0.244 e. The summed E-state index contributed by atoms with van der Waals surface area (Å²) in [6, 6.07) is 17.9. The predicted molar refractivity (Wildman–Crippen MR) is 101 cm³/mol. The van der Waals surface area contributed by atoms with Crippen molar-refractivity contribution < 1.29 is 9.47 Å². The fourth-order valence-electron chi connectivity index (χ4n) is 3.40. The van der Waals surface area contributed by atoms with Gasteiger partial charge in [0, 0.05) is 11.1 Å². The number of methoxy groups -OCH3 is 1. The lowest BCUT2D eigenvalue weighted by Gasteiger charge is -2.25. The van der Waals surface area contributed by atoms with Gasteiger partial charge in [-0.2, -0.15) is 5.26 Å². The van der Waals surface area contributed by atoms with Crippen molar-refractivity contribution in [3.05, 3.63) is 76.7 Å². The molecule has 134 valence electrons.